The molecular formula is C26H44FNO. The number of hydrogen-bond acceptors (Lipinski definition) is 1. The van der Waals surface area contributed by atoms with E-state index in [4.69, 9.17) is 0 Å². The highest BCUT2D eigenvalue weighted by Crippen LogP contribution is 2.13. The molecule has 1 unspecified atom stereocenters. The van der Waals surface area contributed by atoms with Crippen molar-refractivity contribution in [3.63, 3.8) is 0 Å². The van der Waals surface area contributed by atoms with Gasteiger partial charge < -0.3 is 5.32 Å². The molecule has 0 rings (SSSR count). The molecule has 0 aromatic rings. The van der Waals surface area contributed by atoms with E-state index in [-0.39, 0.29) is 18.4 Å². The highest BCUT2D eigenvalue weighted by molar-refractivity contribution is 5.78. The van der Waals surface area contributed by atoms with Gasteiger partial charge in [-0.25, -0.2) is 4.39 Å². The summed E-state index contributed by atoms with van der Waals surface area (Å²) < 4.78 is 12.0. The van der Waals surface area contributed by atoms with E-state index in [2.05, 4.69) is 67.8 Å². The molecule has 0 bridgehead atoms. The molecule has 0 aliphatic rings. The molecule has 2 nitrogen and oxygen atoms in total. The van der Waals surface area contributed by atoms with Crippen LogP contribution in [0, 0.1) is 11.8 Å². The quantitative estimate of drug-likeness (QED) is 0.186. The zero-order valence-corrected chi connectivity index (χ0v) is 19.0. The van der Waals surface area contributed by atoms with Crippen molar-refractivity contribution in [3.05, 3.63) is 48.6 Å². The van der Waals surface area contributed by atoms with Crippen LogP contribution < -0.4 is 5.32 Å². The van der Waals surface area contributed by atoms with Crippen LogP contribution in [0.3, 0.4) is 0 Å². The molecule has 2 atom stereocenters. The molecule has 0 aliphatic carbocycles. The van der Waals surface area contributed by atoms with E-state index >= 15 is 0 Å². The second-order valence-corrected chi connectivity index (χ2v) is 7.89. The Balaban J connectivity index is 3.64. The van der Waals surface area contributed by atoms with Crippen LogP contribution in [0.5, 0.6) is 0 Å². The fourth-order valence-corrected chi connectivity index (χ4v) is 2.94. The van der Waals surface area contributed by atoms with Crippen molar-refractivity contribution in [2.24, 2.45) is 11.8 Å². The van der Waals surface area contributed by atoms with Gasteiger partial charge >= 0.3 is 0 Å². The normalized spacial score (nSPS) is 14.5. The molecule has 0 aliphatic heterocycles. The third-order valence-corrected chi connectivity index (χ3v) is 4.93. The average molecular weight is 406 g/mol. The highest BCUT2D eigenvalue weighted by atomic mass is 19.1. The summed E-state index contributed by atoms with van der Waals surface area (Å²) in [7, 11) is 0. The van der Waals surface area contributed by atoms with E-state index in [1.807, 2.05) is 6.92 Å². The third-order valence-electron chi connectivity index (χ3n) is 4.93. The lowest BCUT2D eigenvalue weighted by molar-refractivity contribution is -0.124. The summed E-state index contributed by atoms with van der Waals surface area (Å²) in [5.41, 5.74) is 0. The van der Waals surface area contributed by atoms with E-state index in [1.54, 1.807) is 0 Å². The first-order valence-electron chi connectivity index (χ1n) is 11.5. The lowest BCUT2D eigenvalue weighted by Crippen LogP contribution is -2.30. The molecule has 0 spiro atoms. The number of halogens is 1. The fourth-order valence-electron chi connectivity index (χ4n) is 2.94. The number of hydrogen-bond donors (Lipinski definition) is 1. The lowest BCUT2D eigenvalue weighted by atomic mass is 10.00. The third kappa shape index (κ3) is 19.4. The maximum Gasteiger partial charge on any atom is 0.222 e. The Morgan fingerprint density at radius 2 is 1.45 bits per heavy atom. The molecule has 166 valence electrons. The van der Waals surface area contributed by atoms with Crippen LogP contribution in [0.2, 0.25) is 0 Å². The van der Waals surface area contributed by atoms with E-state index in [1.165, 1.54) is 32.1 Å². The number of alkyl halides is 1. The van der Waals surface area contributed by atoms with Gasteiger partial charge in [-0.2, -0.15) is 0 Å². The van der Waals surface area contributed by atoms with Crippen molar-refractivity contribution in [3.8, 4) is 0 Å². The number of unbranched alkanes of at least 4 members (excludes halogenated alkanes) is 2. The molecule has 0 aromatic carbocycles. The van der Waals surface area contributed by atoms with Gasteiger partial charge in [0, 0.05) is 12.5 Å². The van der Waals surface area contributed by atoms with E-state index in [0.717, 1.165) is 38.0 Å². The number of carbonyl (C=O) groups is 1. The first-order chi connectivity index (χ1) is 14.1. The van der Waals surface area contributed by atoms with Gasteiger partial charge in [0.15, 0.2) is 0 Å². The first kappa shape index (κ1) is 27.4. The molecule has 0 saturated heterocycles. The standard InChI is InChI=1S/C26H44FNO/c1-4-5-16-19-24(2)20-17-14-12-10-8-6-7-9-11-13-15-18-21-25(3)26(29)28-23-22-27/h7-10,13-15,17,24-25H,4-6,11-12,16,18-23H2,1-3H3,(H,28,29)/b9-7-,10-8-,15-13-,17-14-/t24?,25-/m1/s1. The number of allylic oxidation sites excluding steroid dienone is 8. The minimum Gasteiger partial charge on any atom is -0.353 e. The van der Waals surface area contributed by atoms with Gasteiger partial charge in [0.25, 0.3) is 0 Å². The SMILES string of the molecule is CCCCCC(C)C/C=C\C/C=C\C/C=C\C/C=C\CC[C@@H](C)C(=O)NCCF. The van der Waals surface area contributed by atoms with Crippen molar-refractivity contribution in [1.82, 2.24) is 5.32 Å². The van der Waals surface area contributed by atoms with Gasteiger partial charge in [-0.15, -0.1) is 0 Å². The van der Waals surface area contributed by atoms with Crippen molar-refractivity contribution in [1.29, 1.82) is 0 Å². The Morgan fingerprint density at radius 3 is 2.03 bits per heavy atom. The van der Waals surface area contributed by atoms with Gasteiger partial charge in [-0.1, -0.05) is 95.1 Å². The monoisotopic (exact) mass is 405 g/mol. The number of carbonyl (C=O) groups excluding carboxylic acids is 1. The number of amides is 1. The Bertz CT molecular complexity index is 493. The van der Waals surface area contributed by atoms with Gasteiger partial charge in [0.1, 0.15) is 6.67 Å². The van der Waals surface area contributed by atoms with Crippen LogP contribution in [0.15, 0.2) is 48.6 Å². The highest BCUT2D eigenvalue weighted by Gasteiger charge is 2.10. The Hall–Kier alpha value is -1.64. The summed E-state index contributed by atoms with van der Waals surface area (Å²) in [5.74, 6) is 0.684. The van der Waals surface area contributed by atoms with Gasteiger partial charge in [-0.3, -0.25) is 4.79 Å². The molecular weight excluding hydrogens is 361 g/mol. The van der Waals surface area contributed by atoms with Crippen molar-refractivity contribution in [2.45, 2.75) is 85.0 Å². The topological polar surface area (TPSA) is 29.1 Å². The van der Waals surface area contributed by atoms with Gasteiger partial charge in [0.2, 0.25) is 5.91 Å². The Labute approximate surface area is 179 Å². The zero-order valence-electron chi connectivity index (χ0n) is 19.0. The molecule has 0 heterocycles. The maximum absolute atomic E-state index is 12.0. The number of rotatable bonds is 18. The minimum atomic E-state index is -0.505. The fraction of sp³-hybridized carbons (Fsp3) is 0.654. The lowest BCUT2D eigenvalue weighted by Gasteiger charge is -2.09. The Kier molecular flexibility index (Phi) is 19.9. The smallest absolute Gasteiger partial charge is 0.222 e. The summed E-state index contributed by atoms with van der Waals surface area (Å²) in [6, 6.07) is 0. The molecule has 1 N–H and O–H groups in total. The largest absolute Gasteiger partial charge is 0.353 e. The predicted molar refractivity (Wildman–Crippen MR) is 126 cm³/mol. The molecule has 0 fully saturated rings. The van der Waals surface area contributed by atoms with Gasteiger partial charge in [0.05, 0.1) is 0 Å². The van der Waals surface area contributed by atoms with E-state index < -0.39 is 6.67 Å². The second-order valence-electron chi connectivity index (χ2n) is 7.89. The van der Waals surface area contributed by atoms with Crippen LogP contribution in [0.4, 0.5) is 4.39 Å². The van der Waals surface area contributed by atoms with E-state index in [0.29, 0.717) is 0 Å². The van der Waals surface area contributed by atoms with Crippen LogP contribution in [-0.4, -0.2) is 19.1 Å². The maximum atomic E-state index is 12.0. The summed E-state index contributed by atoms with van der Waals surface area (Å²) in [5, 5.41) is 2.58. The Morgan fingerprint density at radius 1 is 0.862 bits per heavy atom. The summed E-state index contributed by atoms with van der Waals surface area (Å²) >= 11 is 0. The molecule has 29 heavy (non-hydrogen) atoms. The minimum absolute atomic E-state index is 0.0564. The molecule has 0 aromatic heterocycles. The van der Waals surface area contributed by atoms with Crippen LogP contribution >= 0.6 is 0 Å². The summed E-state index contributed by atoms with van der Waals surface area (Å²) in [6.45, 7) is 6.11. The molecule has 0 saturated carbocycles. The molecule has 1 amide bonds. The molecule has 3 heteroatoms. The van der Waals surface area contributed by atoms with Crippen LogP contribution in [-0.2, 0) is 4.79 Å². The van der Waals surface area contributed by atoms with Crippen molar-refractivity contribution in [2.75, 3.05) is 13.2 Å². The first-order valence-corrected chi connectivity index (χ1v) is 11.5. The second kappa shape index (κ2) is 21.1. The molecule has 0 radical (unpaired) electrons. The average Bonchev–Trinajstić information content (AvgIpc) is 2.72. The van der Waals surface area contributed by atoms with Crippen molar-refractivity contribution >= 4 is 5.91 Å². The van der Waals surface area contributed by atoms with E-state index in [9.17, 15) is 9.18 Å². The summed E-state index contributed by atoms with van der Waals surface area (Å²) in [6.07, 6.45) is 28.8. The summed E-state index contributed by atoms with van der Waals surface area (Å²) in [4.78, 5) is 11.6. The predicted octanol–water partition coefficient (Wildman–Crippen LogP) is 7.49. The van der Waals surface area contributed by atoms with Crippen molar-refractivity contribution < 1.29 is 9.18 Å². The number of nitrogens with one attached hydrogen (secondary N) is 1. The van der Waals surface area contributed by atoms with Crippen LogP contribution in [0.1, 0.15) is 85.0 Å². The van der Waals surface area contributed by atoms with Gasteiger partial charge in [-0.05, 0) is 44.4 Å². The zero-order chi connectivity index (χ0) is 21.6. The van der Waals surface area contributed by atoms with Crippen LogP contribution in [0.25, 0.3) is 0 Å².